The Morgan fingerprint density at radius 2 is 2.05 bits per heavy atom. The Bertz CT molecular complexity index is 385. The first-order valence-electron chi connectivity index (χ1n) is 7.49. The minimum atomic E-state index is -0.106. The van der Waals surface area contributed by atoms with Crippen LogP contribution in [0.4, 0.5) is 0 Å². The van der Waals surface area contributed by atoms with Crippen LogP contribution >= 0.6 is 11.8 Å². The smallest absolute Gasteiger partial charge is 0.0965 e. The molecule has 2 N–H and O–H groups in total. The second-order valence-electron chi connectivity index (χ2n) is 5.40. The van der Waals surface area contributed by atoms with Gasteiger partial charge in [0.05, 0.1) is 11.6 Å². The topological polar surface area (TPSA) is 45.1 Å². The van der Waals surface area contributed by atoms with Crippen molar-refractivity contribution in [2.24, 2.45) is 0 Å². The highest BCUT2D eigenvalue weighted by atomic mass is 32.2. The van der Waals surface area contributed by atoms with Crippen molar-refractivity contribution in [3.05, 3.63) is 23.4 Å². The van der Waals surface area contributed by atoms with E-state index in [0.29, 0.717) is 0 Å². The first-order chi connectivity index (χ1) is 9.55. The standard InChI is InChI=1S/C16H28N2OS/c1-5-16(12-19,17-6-2)8-7-9-20-15-11-13(3)10-14(4)18-15/h10-11,17,19H,5-9,12H2,1-4H3. The normalized spacial score (nSPS) is 14.2. The number of nitrogens with zero attached hydrogens (tertiary/aromatic N) is 1. The van der Waals surface area contributed by atoms with Crippen molar-refractivity contribution < 1.29 is 5.11 Å². The molecule has 0 bridgehead atoms. The highest BCUT2D eigenvalue weighted by Crippen LogP contribution is 2.22. The Kier molecular flexibility index (Phi) is 7.56. The number of aliphatic hydroxyl groups is 1. The van der Waals surface area contributed by atoms with Crippen molar-refractivity contribution in [1.29, 1.82) is 0 Å². The molecule has 0 amide bonds. The summed E-state index contributed by atoms with van der Waals surface area (Å²) >= 11 is 1.81. The van der Waals surface area contributed by atoms with Crippen LogP contribution in [-0.2, 0) is 0 Å². The lowest BCUT2D eigenvalue weighted by Gasteiger charge is -2.31. The molecular weight excluding hydrogens is 268 g/mol. The molecule has 0 spiro atoms. The fraction of sp³-hybridized carbons (Fsp3) is 0.688. The Labute approximate surface area is 127 Å². The number of rotatable bonds is 9. The highest BCUT2D eigenvalue weighted by molar-refractivity contribution is 7.99. The van der Waals surface area contributed by atoms with Crippen LogP contribution in [0.25, 0.3) is 0 Å². The van der Waals surface area contributed by atoms with Crippen molar-refractivity contribution in [1.82, 2.24) is 10.3 Å². The molecule has 0 aliphatic rings. The number of aromatic nitrogens is 1. The molecule has 1 atom stereocenters. The molecule has 3 nitrogen and oxygen atoms in total. The molecule has 1 aromatic heterocycles. The molecule has 4 heteroatoms. The van der Waals surface area contributed by atoms with Gasteiger partial charge in [0.1, 0.15) is 0 Å². The molecule has 0 saturated carbocycles. The molecule has 1 unspecified atom stereocenters. The second-order valence-corrected chi connectivity index (χ2v) is 6.51. The van der Waals surface area contributed by atoms with Crippen LogP contribution in [0.15, 0.2) is 17.2 Å². The van der Waals surface area contributed by atoms with Crippen molar-refractivity contribution in [3.63, 3.8) is 0 Å². The molecule has 1 heterocycles. The van der Waals surface area contributed by atoms with Gasteiger partial charge in [-0.1, -0.05) is 13.8 Å². The van der Waals surface area contributed by atoms with Gasteiger partial charge >= 0.3 is 0 Å². The van der Waals surface area contributed by atoms with E-state index in [0.717, 1.165) is 42.3 Å². The molecule has 0 aromatic carbocycles. The zero-order valence-electron chi connectivity index (χ0n) is 13.2. The van der Waals surface area contributed by atoms with Crippen LogP contribution in [0.5, 0.6) is 0 Å². The van der Waals surface area contributed by atoms with Crippen molar-refractivity contribution in [2.45, 2.75) is 57.5 Å². The van der Waals surface area contributed by atoms with E-state index in [1.807, 2.05) is 18.7 Å². The van der Waals surface area contributed by atoms with E-state index >= 15 is 0 Å². The number of aliphatic hydroxyl groups excluding tert-OH is 1. The predicted octanol–water partition coefficient (Wildman–Crippen LogP) is 3.32. The SMILES string of the molecule is CCNC(CC)(CO)CCCSc1cc(C)cc(C)n1. The van der Waals surface area contributed by atoms with Crippen LogP contribution in [-0.4, -0.2) is 34.5 Å². The van der Waals surface area contributed by atoms with E-state index in [2.05, 4.69) is 43.2 Å². The lowest BCUT2D eigenvalue weighted by Crippen LogP contribution is -2.48. The summed E-state index contributed by atoms with van der Waals surface area (Å²) < 4.78 is 0. The summed E-state index contributed by atoms with van der Waals surface area (Å²) in [6.07, 6.45) is 3.05. The maximum absolute atomic E-state index is 9.62. The van der Waals surface area contributed by atoms with Crippen LogP contribution in [0.1, 0.15) is 44.4 Å². The summed E-state index contributed by atoms with van der Waals surface area (Å²) in [7, 11) is 0. The number of likely N-dealkylation sites (N-methyl/N-ethyl adjacent to an activating group) is 1. The average Bonchev–Trinajstić information content (AvgIpc) is 2.41. The third-order valence-electron chi connectivity index (χ3n) is 3.66. The van der Waals surface area contributed by atoms with Gasteiger partial charge < -0.3 is 10.4 Å². The minimum absolute atomic E-state index is 0.106. The summed E-state index contributed by atoms with van der Waals surface area (Å²) in [5.41, 5.74) is 2.25. The molecule has 0 radical (unpaired) electrons. The van der Waals surface area contributed by atoms with Gasteiger partial charge in [-0.3, -0.25) is 0 Å². The number of pyridine rings is 1. The second kappa shape index (κ2) is 8.65. The molecule has 1 rings (SSSR count). The number of aryl methyl sites for hydroxylation is 2. The van der Waals surface area contributed by atoms with E-state index in [4.69, 9.17) is 0 Å². The zero-order valence-corrected chi connectivity index (χ0v) is 14.0. The molecule has 0 fully saturated rings. The highest BCUT2D eigenvalue weighted by Gasteiger charge is 2.25. The van der Waals surface area contributed by atoms with Crippen LogP contribution < -0.4 is 5.32 Å². The van der Waals surface area contributed by atoms with E-state index in [-0.39, 0.29) is 12.1 Å². The molecule has 0 aliphatic carbocycles. The van der Waals surface area contributed by atoms with E-state index < -0.39 is 0 Å². The Hall–Kier alpha value is -0.580. The zero-order chi connectivity index (χ0) is 15.0. The van der Waals surface area contributed by atoms with Gasteiger partial charge in [0.15, 0.2) is 0 Å². The van der Waals surface area contributed by atoms with Gasteiger partial charge in [-0.2, -0.15) is 0 Å². The first kappa shape index (κ1) is 17.5. The molecule has 114 valence electrons. The van der Waals surface area contributed by atoms with Crippen LogP contribution in [0.3, 0.4) is 0 Å². The monoisotopic (exact) mass is 296 g/mol. The number of thioether (sulfide) groups is 1. The van der Waals surface area contributed by atoms with Gasteiger partial charge in [-0.25, -0.2) is 4.98 Å². The van der Waals surface area contributed by atoms with Gasteiger partial charge in [0.25, 0.3) is 0 Å². The summed E-state index contributed by atoms with van der Waals surface area (Å²) in [6.45, 7) is 9.49. The Morgan fingerprint density at radius 1 is 1.30 bits per heavy atom. The summed E-state index contributed by atoms with van der Waals surface area (Å²) in [5.74, 6) is 1.04. The van der Waals surface area contributed by atoms with E-state index in [1.54, 1.807) is 0 Å². The van der Waals surface area contributed by atoms with Gasteiger partial charge in [0, 0.05) is 11.2 Å². The third kappa shape index (κ3) is 5.43. The predicted molar refractivity (Wildman–Crippen MR) is 87.5 cm³/mol. The molecule has 0 saturated heterocycles. The van der Waals surface area contributed by atoms with Gasteiger partial charge in [-0.15, -0.1) is 11.8 Å². The van der Waals surface area contributed by atoms with Crippen LogP contribution in [0.2, 0.25) is 0 Å². The van der Waals surface area contributed by atoms with Gasteiger partial charge in [0.2, 0.25) is 0 Å². The molecular formula is C16H28N2OS. The van der Waals surface area contributed by atoms with Crippen LogP contribution in [0, 0.1) is 13.8 Å². The Balaban J connectivity index is 2.43. The van der Waals surface area contributed by atoms with Crippen molar-refractivity contribution >= 4 is 11.8 Å². The fourth-order valence-electron chi connectivity index (χ4n) is 2.48. The molecule has 20 heavy (non-hydrogen) atoms. The van der Waals surface area contributed by atoms with E-state index in [1.165, 1.54) is 5.56 Å². The lowest BCUT2D eigenvalue weighted by atomic mass is 9.91. The largest absolute Gasteiger partial charge is 0.394 e. The number of hydrogen-bond donors (Lipinski definition) is 2. The minimum Gasteiger partial charge on any atom is -0.394 e. The summed E-state index contributed by atoms with van der Waals surface area (Å²) in [5, 5.41) is 14.2. The quantitative estimate of drug-likeness (QED) is 0.542. The van der Waals surface area contributed by atoms with Crippen molar-refractivity contribution in [2.75, 3.05) is 18.9 Å². The Morgan fingerprint density at radius 3 is 2.60 bits per heavy atom. The summed E-state index contributed by atoms with van der Waals surface area (Å²) in [6, 6.07) is 4.24. The lowest BCUT2D eigenvalue weighted by molar-refractivity contribution is 0.148. The fourth-order valence-corrected chi connectivity index (χ4v) is 3.45. The maximum atomic E-state index is 9.62. The summed E-state index contributed by atoms with van der Waals surface area (Å²) in [4.78, 5) is 4.54. The number of nitrogens with one attached hydrogen (secondary N) is 1. The van der Waals surface area contributed by atoms with Gasteiger partial charge in [-0.05, 0) is 63.1 Å². The first-order valence-corrected chi connectivity index (χ1v) is 8.47. The number of hydrogen-bond acceptors (Lipinski definition) is 4. The van der Waals surface area contributed by atoms with E-state index in [9.17, 15) is 5.11 Å². The molecule has 1 aromatic rings. The molecule has 0 aliphatic heterocycles. The maximum Gasteiger partial charge on any atom is 0.0965 e. The van der Waals surface area contributed by atoms with Crippen molar-refractivity contribution in [3.8, 4) is 0 Å². The average molecular weight is 296 g/mol. The third-order valence-corrected chi connectivity index (χ3v) is 4.65.